The Bertz CT molecular complexity index is 420. The molecule has 0 amide bonds. The van der Waals surface area contributed by atoms with Crippen molar-refractivity contribution in [3.8, 4) is 5.88 Å². The third-order valence-corrected chi connectivity index (χ3v) is 4.40. The molecule has 6 heteroatoms. The van der Waals surface area contributed by atoms with Crippen molar-refractivity contribution in [2.75, 3.05) is 29.5 Å². The van der Waals surface area contributed by atoms with Crippen LogP contribution in [0.2, 0.25) is 0 Å². The van der Waals surface area contributed by atoms with E-state index >= 15 is 0 Å². The van der Waals surface area contributed by atoms with E-state index in [1.165, 1.54) is 4.43 Å². The molecule has 1 aliphatic heterocycles. The van der Waals surface area contributed by atoms with Gasteiger partial charge in [-0.1, -0.05) is 22.6 Å². The van der Waals surface area contributed by atoms with Crippen LogP contribution < -0.4 is 9.64 Å². The maximum absolute atomic E-state index is 10.8. The average molecular weight is 361 g/mol. The third kappa shape index (κ3) is 3.09. The molecule has 1 aliphatic rings. The molecule has 18 heavy (non-hydrogen) atoms. The second-order valence-corrected chi connectivity index (χ2v) is 5.22. The fourth-order valence-corrected chi connectivity index (χ4v) is 2.90. The van der Waals surface area contributed by atoms with E-state index in [1.54, 1.807) is 13.2 Å². The lowest BCUT2D eigenvalue weighted by molar-refractivity contribution is 0.111. The lowest BCUT2D eigenvalue weighted by Gasteiger charge is -2.31. The molecule has 1 aromatic heterocycles. The molecule has 2 heterocycles. The van der Waals surface area contributed by atoms with Crippen molar-refractivity contribution in [3.05, 3.63) is 11.8 Å². The summed E-state index contributed by atoms with van der Waals surface area (Å²) in [6.45, 7) is 1.89. The first kappa shape index (κ1) is 13.5. The SMILES string of the molecule is COc1cc(C=O)nc(N2CCC(CI)CC2)n1. The van der Waals surface area contributed by atoms with Gasteiger partial charge in [-0.15, -0.1) is 0 Å². The fourth-order valence-electron chi connectivity index (χ4n) is 2.02. The number of halogens is 1. The Kier molecular flexibility index (Phi) is 4.73. The Morgan fingerprint density at radius 2 is 2.22 bits per heavy atom. The van der Waals surface area contributed by atoms with Gasteiger partial charge in [0.25, 0.3) is 0 Å². The van der Waals surface area contributed by atoms with Gasteiger partial charge in [0.1, 0.15) is 5.69 Å². The molecule has 0 atom stereocenters. The quantitative estimate of drug-likeness (QED) is 0.466. The van der Waals surface area contributed by atoms with Gasteiger partial charge in [0, 0.05) is 23.6 Å². The van der Waals surface area contributed by atoms with Crippen LogP contribution in [0.5, 0.6) is 5.88 Å². The molecular weight excluding hydrogens is 345 g/mol. The van der Waals surface area contributed by atoms with E-state index in [2.05, 4.69) is 37.5 Å². The van der Waals surface area contributed by atoms with Gasteiger partial charge in [-0.05, 0) is 18.8 Å². The molecule has 0 aromatic carbocycles. The zero-order chi connectivity index (χ0) is 13.0. The molecule has 0 N–H and O–H groups in total. The van der Waals surface area contributed by atoms with Gasteiger partial charge in [0.2, 0.25) is 11.8 Å². The van der Waals surface area contributed by atoms with E-state index in [0.717, 1.165) is 38.1 Å². The predicted molar refractivity (Wildman–Crippen MR) is 77.8 cm³/mol. The van der Waals surface area contributed by atoms with Gasteiger partial charge in [-0.2, -0.15) is 4.98 Å². The molecular formula is C12H16IN3O2. The highest BCUT2D eigenvalue weighted by Gasteiger charge is 2.21. The molecule has 2 rings (SSSR count). The number of hydrogen-bond donors (Lipinski definition) is 0. The summed E-state index contributed by atoms with van der Waals surface area (Å²) < 4.78 is 6.29. The smallest absolute Gasteiger partial charge is 0.229 e. The number of methoxy groups -OCH3 is 1. The molecule has 5 nitrogen and oxygen atoms in total. The number of aldehydes is 1. The van der Waals surface area contributed by atoms with Crippen LogP contribution in [0.3, 0.4) is 0 Å². The monoisotopic (exact) mass is 361 g/mol. The minimum atomic E-state index is 0.368. The van der Waals surface area contributed by atoms with Crippen LogP contribution >= 0.6 is 22.6 Å². The lowest BCUT2D eigenvalue weighted by Crippen LogP contribution is -2.35. The topological polar surface area (TPSA) is 55.3 Å². The molecule has 1 fully saturated rings. The second kappa shape index (κ2) is 6.31. The predicted octanol–water partition coefficient (Wildman–Crippen LogP) is 1.95. The summed E-state index contributed by atoms with van der Waals surface area (Å²) in [6.07, 6.45) is 3.03. The van der Waals surface area contributed by atoms with Gasteiger partial charge >= 0.3 is 0 Å². The molecule has 0 unspecified atom stereocenters. The minimum absolute atomic E-state index is 0.368. The van der Waals surface area contributed by atoms with Gasteiger partial charge in [0.05, 0.1) is 7.11 Å². The molecule has 0 spiro atoms. The first-order valence-electron chi connectivity index (χ1n) is 5.96. The number of hydrogen-bond acceptors (Lipinski definition) is 5. The van der Waals surface area contributed by atoms with Crippen molar-refractivity contribution in [1.29, 1.82) is 0 Å². The summed E-state index contributed by atoms with van der Waals surface area (Å²) in [4.78, 5) is 21.5. The van der Waals surface area contributed by atoms with Crippen molar-refractivity contribution in [2.24, 2.45) is 5.92 Å². The number of ether oxygens (including phenoxy) is 1. The van der Waals surface area contributed by atoms with Crippen molar-refractivity contribution >= 4 is 34.8 Å². The molecule has 0 radical (unpaired) electrons. The Hall–Kier alpha value is -0.920. The van der Waals surface area contributed by atoms with E-state index in [4.69, 9.17) is 4.74 Å². The highest BCUT2D eigenvalue weighted by atomic mass is 127. The summed E-state index contributed by atoms with van der Waals surface area (Å²) in [5, 5.41) is 0. The molecule has 0 aliphatic carbocycles. The Balaban J connectivity index is 2.15. The number of nitrogens with zero attached hydrogens (tertiary/aromatic N) is 3. The third-order valence-electron chi connectivity index (χ3n) is 3.16. The minimum Gasteiger partial charge on any atom is -0.481 e. The van der Waals surface area contributed by atoms with Crippen LogP contribution in [0.1, 0.15) is 23.3 Å². The first-order valence-corrected chi connectivity index (χ1v) is 7.48. The van der Waals surface area contributed by atoms with E-state index in [0.29, 0.717) is 17.5 Å². The maximum Gasteiger partial charge on any atom is 0.229 e. The molecule has 98 valence electrons. The number of alkyl halides is 1. The Morgan fingerprint density at radius 1 is 1.50 bits per heavy atom. The summed E-state index contributed by atoms with van der Waals surface area (Å²) in [6, 6.07) is 1.55. The van der Waals surface area contributed by atoms with E-state index in [9.17, 15) is 4.79 Å². The van der Waals surface area contributed by atoms with Gasteiger partial charge in [-0.25, -0.2) is 4.98 Å². The number of rotatable bonds is 4. The molecule has 1 aromatic rings. The normalized spacial score (nSPS) is 16.7. The molecule has 0 saturated carbocycles. The standard InChI is InChI=1S/C12H16IN3O2/c1-18-11-6-10(8-17)14-12(15-11)16-4-2-9(7-13)3-5-16/h6,8-9H,2-5,7H2,1H3. The number of aromatic nitrogens is 2. The zero-order valence-electron chi connectivity index (χ0n) is 10.3. The van der Waals surface area contributed by atoms with Crippen LogP contribution in [0.4, 0.5) is 5.95 Å². The fraction of sp³-hybridized carbons (Fsp3) is 0.583. The van der Waals surface area contributed by atoms with Crippen LogP contribution in [0.15, 0.2) is 6.07 Å². The zero-order valence-corrected chi connectivity index (χ0v) is 12.5. The first-order chi connectivity index (χ1) is 8.76. The van der Waals surface area contributed by atoms with E-state index < -0.39 is 0 Å². The molecule has 1 saturated heterocycles. The number of anilines is 1. The highest BCUT2D eigenvalue weighted by Crippen LogP contribution is 2.23. The summed E-state index contributed by atoms with van der Waals surface area (Å²) in [5.74, 6) is 1.83. The largest absolute Gasteiger partial charge is 0.481 e. The van der Waals surface area contributed by atoms with Crippen LogP contribution in [-0.4, -0.2) is 40.9 Å². The van der Waals surface area contributed by atoms with Gasteiger partial charge < -0.3 is 9.64 Å². The van der Waals surface area contributed by atoms with Crippen LogP contribution in [0.25, 0.3) is 0 Å². The van der Waals surface area contributed by atoms with Crippen LogP contribution in [-0.2, 0) is 0 Å². The highest BCUT2D eigenvalue weighted by molar-refractivity contribution is 14.1. The Morgan fingerprint density at radius 3 is 2.78 bits per heavy atom. The van der Waals surface area contributed by atoms with Crippen molar-refractivity contribution < 1.29 is 9.53 Å². The number of piperidine rings is 1. The van der Waals surface area contributed by atoms with Crippen LogP contribution in [0, 0.1) is 5.92 Å². The van der Waals surface area contributed by atoms with Crippen molar-refractivity contribution in [3.63, 3.8) is 0 Å². The van der Waals surface area contributed by atoms with E-state index in [1.807, 2.05) is 0 Å². The number of carbonyl (C=O) groups excluding carboxylic acids is 1. The number of carbonyl (C=O) groups is 1. The summed E-state index contributed by atoms with van der Waals surface area (Å²) in [5.41, 5.74) is 0.368. The maximum atomic E-state index is 10.8. The molecule has 0 bridgehead atoms. The van der Waals surface area contributed by atoms with E-state index in [-0.39, 0.29) is 0 Å². The second-order valence-electron chi connectivity index (χ2n) is 4.34. The Labute approximate surface area is 120 Å². The van der Waals surface area contributed by atoms with Crippen molar-refractivity contribution in [1.82, 2.24) is 9.97 Å². The average Bonchev–Trinajstić information content (AvgIpc) is 2.46. The summed E-state index contributed by atoms with van der Waals surface area (Å²) in [7, 11) is 1.54. The summed E-state index contributed by atoms with van der Waals surface area (Å²) >= 11 is 2.44. The van der Waals surface area contributed by atoms with Gasteiger partial charge in [0.15, 0.2) is 6.29 Å². The van der Waals surface area contributed by atoms with Crippen molar-refractivity contribution in [2.45, 2.75) is 12.8 Å². The lowest BCUT2D eigenvalue weighted by atomic mass is 10.00. The van der Waals surface area contributed by atoms with Gasteiger partial charge in [-0.3, -0.25) is 4.79 Å².